The Balaban J connectivity index is 1.49. The molecule has 3 N–H and O–H groups in total. The number of β-amino-alcohol motifs (C(OH)–C–C–N with tert-alkyl or cyclic N) is 1. The molecule has 9 nitrogen and oxygen atoms in total. The second-order valence-corrected chi connectivity index (χ2v) is 11.7. The maximum atomic E-state index is 13.3. The zero-order valence-corrected chi connectivity index (χ0v) is 22.0. The van der Waals surface area contributed by atoms with Crippen LogP contribution in [0.3, 0.4) is 0 Å². The van der Waals surface area contributed by atoms with Crippen molar-refractivity contribution in [2.45, 2.75) is 31.2 Å². The molecule has 1 aliphatic heterocycles. The van der Waals surface area contributed by atoms with E-state index in [0.717, 1.165) is 6.26 Å². The number of nitrogens with one attached hydrogen (secondary N) is 2. The summed E-state index contributed by atoms with van der Waals surface area (Å²) < 4.78 is 70.2. The number of anilines is 1. The van der Waals surface area contributed by atoms with Crippen LogP contribution in [0.4, 0.5) is 18.3 Å². The molecule has 0 unspecified atom stereocenters. The highest BCUT2D eigenvalue weighted by atomic mass is 35.5. The number of rotatable bonds is 9. The third kappa shape index (κ3) is 8.35. The first-order chi connectivity index (χ1) is 16.7. The highest BCUT2D eigenvalue weighted by Gasteiger charge is 2.40. The molecule has 2 heterocycles. The van der Waals surface area contributed by atoms with Gasteiger partial charge in [0.25, 0.3) is 5.91 Å². The highest BCUT2D eigenvalue weighted by Crippen LogP contribution is 2.36. The molecule has 1 amide bonds. The summed E-state index contributed by atoms with van der Waals surface area (Å²) in [4.78, 5) is 16.7. The summed E-state index contributed by atoms with van der Waals surface area (Å²) in [7, 11) is -3.89. The Hall–Kier alpha value is -1.84. The fourth-order valence-electron chi connectivity index (χ4n) is 3.47. The minimum absolute atomic E-state index is 0.0582. The lowest BCUT2D eigenvalue weighted by atomic mass is 10.1. The topological polar surface area (TPSA) is 121 Å². The van der Waals surface area contributed by atoms with Crippen LogP contribution in [-0.4, -0.2) is 74.0 Å². The number of amides is 1. The molecule has 0 spiro atoms. The molecule has 3 rings (SSSR count). The number of likely N-dealkylation sites (tertiary alicyclic amines) is 1. The highest BCUT2D eigenvalue weighted by molar-refractivity contribution is 7.92. The number of benzene rings is 1. The molecule has 1 fully saturated rings. The number of hydrogen-bond donors (Lipinski definition) is 3. The van der Waals surface area contributed by atoms with Crippen molar-refractivity contribution in [3.63, 3.8) is 0 Å². The van der Waals surface area contributed by atoms with Crippen LogP contribution in [0.2, 0.25) is 10.0 Å². The fourth-order valence-corrected chi connectivity index (χ4v) is 5.50. The van der Waals surface area contributed by atoms with Crippen LogP contribution in [0.1, 0.15) is 28.2 Å². The smallest absolute Gasteiger partial charge is 0.435 e. The van der Waals surface area contributed by atoms with Crippen LogP contribution in [-0.2, 0) is 16.2 Å². The Morgan fingerprint density at radius 2 is 1.97 bits per heavy atom. The van der Waals surface area contributed by atoms with Gasteiger partial charge in [-0.15, -0.1) is 0 Å². The molecule has 0 saturated carbocycles. The first-order valence-corrected chi connectivity index (χ1v) is 14.0. The second kappa shape index (κ2) is 11.7. The Morgan fingerprint density at radius 1 is 1.31 bits per heavy atom. The number of aromatic nitrogens is 1. The summed E-state index contributed by atoms with van der Waals surface area (Å²) >= 11 is 12.2. The zero-order chi connectivity index (χ0) is 26.7. The number of carbonyl (C=O) groups is 1. The quantitative estimate of drug-likeness (QED) is 0.409. The van der Waals surface area contributed by atoms with Crippen molar-refractivity contribution >= 4 is 55.6 Å². The van der Waals surface area contributed by atoms with Gasteiger partial charge in [-0.2, -0.15) is 13.2 Å². The second-order valence-electron chi connectivity index (χ2n) is 8.13. The maximum absolute atomic E-state index is 13.3. The van der Waals surface area contributed by atoms with Gasteiger partial charge < -0.3 is 20.1 Å². The molecule has 1 aliphatic rings. The third-order valence-corrected chi connectivity index (χ3v) is 7.47. The van der Waals surface area contributed by atoms with Crippen LogP contribution in [0.15, 0.2) is 18.2 Å². The molecule has 1 aromatic heterocycles. The monoisotopic (exact) mass is 590 g/mol. The lowest BCUT2D eigenvalue weighted by molar-refractivity contribution is -0.141. The minimum Gasteiger partial charge on any atom is -0.490 e. The van der Waals surface area contributed by atoms with Gasteiger partial charge in [-0.05, 0) is 25.0 Å². The lowest BCUT2D eigenvalue weighted by Gasteiger charge is -2.33. The van der Waals surface area contributed by atoms with Gasteiger partial charge in [0.15, 0.2) is 10.8 Å². The standard InChI is InChI=1S/C20H23Cl2F3N4O5S2/c1-36(32,33)28-19-27-17(20(23,24)25)16(35-19)18(31)26-9-11(30)10-29-6-4-12(5-7-29)34-13-2-3-14(21)15(22)8-13/h2-3,8,11-12,30H,4-7,9-10H2,1H3,(H,26,31)(H,27,28)/t11-/m1/s1. The summed E-state index contributed by atoms with van der Waals surface area (Å²) in [6, 6.07) is 5.00. The molecule has 1 saturated heterocycles. The molecule has 1 atom stereocenters. The summed E-state index contributed by atoms with van der Waals surface area (Å²) in [6.07, 6.45) is -3.98. The van der Waals surface area contributed by atoms with Gasteiger partial charge in [-0.1, -0.05) is 34.5 Å². The van der Waals surface area contributed by atoms with E-state index in [1.807, 2.05) is 9.62 Å². The van der Waals surface area contributed by atoms with Crippen LogP contribution in [0.25, 0.3) is 0 Å². The Labute approximate surface area is 219 Å². The predicted octanol–water partition coefficient (Wildman–Crippen LogP) is 3.47. The number of nitrogens with zero attached hydrogens (tertiary/aromatic N) is 2. The van der Waals surface area contributed by atoms with Gasteiger partial charge in [0.1, 0.15) is 16.7 Å². The van der Waals surface area contributed by atoms with E-state index in [1.54, 1.807) is 18.2 Å². The van der Waals surface area contributed by atoms with E-state index < -0.39 is 43.9 Å². The molecular formula is C20H23Cl2F3N4O5S2. The Kier molecular flexibility index (Phi) is 9.33. The molecular weight excluding hydrogens is 568 g/mol. The molecule has 2 aromatic rings. The van der Waals surface area contributed by atoms with E-state index in [0.29, 0.717) is 41.7 Å². The van der Waals surface area contributed by atoms with Crippen LogP contribution >= 0.6 is 34.5 Å². The van der Waals surface area contributed by atoms with Crippen LogP contribution < -0.4 is 14.8 Å². The number of halogens is 5. The number of carbonyl (C=O) groups excluding carboxylic acids is 1. The van der Waals surface area contributed by atoms with Crippen molar-refractivity contribution in [2.24, 2.45) is 0 Å². The average molecular weight is 591 g/mol. The minimum atomic E-state index is -4.97. The van der Waals surface area contributed by atoms with Crippen molar-refractivity contribution in [3.05, 3.63) is 38.8 Å². The molecule has 0 aliphatic carbocycles. The summed E-state index contributed by atoms with van der Waals surface area (Å²) in [6.45, 7) is 1.09. The van der Waals surface area contributed by atoms with Gasteiger partial charge in [-0.25, -0.2) is 13.4 Å². The largest absolute Gasteiger partial charge is 0.490 e. The van der Waals surface area contributed by atoms with E-state index >= 15 is 0 Å². The van der Waals surface area contributed by atoms with E-state index in [4.69, 9.17) is 27.9 Å². The lowest BCUT2D eigenvalue weighted by Crippen LogP contribution is -2.45. The number of aliphatic hydroxyl groups excluding tert-OH is 1. The molecule has 16 heteroatoms. The van der Waals surface area contributed by atoms with E-state index in [9.17, 15) is 31.5 Å². The van der Waals surface area contributed by atoms with Gasteiger partial charge in [-0.3, -0.25) is 9.52 Å². The molecule has 1 aromatic carbocycles. The number of ether oxygens (including phenoxy) is 1. The maximum Gasteiger partial charge on any atom is 0.435 e. The summed E-state index contributed by atoms with van der Waals surface area (Å²) in [5, 5.41) is 12.8. The van der Waals surface area contributed by atoms with Gasteiger partial charge >= 0.3 is 6.18 Å². The van der Waals surface area contributed by atoms with Crippen molar-refractivity contribution in [2.75, 3.05) is 37.2 Å². The van der Waals surface area contributed by atoms with Gasteiger partial charge in [0.05, 0.1) is 22.4 Å². The SMILES string of the molecule is CS(=O)(=O)Nc1nc(C(F)(F)F)c(C(=O)NC[C@@H](O)CN2CCC(Oc3ccc(Cl)c(Cl)c3)CC2)s1. The summed E-state index contributed by atoms with van der Waals surface area (Å²) in [5.74, 6) is -0.518. The Bertz CT molecular complexity index is 1190. The molecule has 0 radical (unpaired) electrons. The normalized spacial score (nSPS) is 16.5. The number of hydrogen-bond acceptors (Lipinski definition) is 8. The fraction of sp³-hybridized carbons (Fsp3) is 0.500. The van der Waals surface area contributed by atoms with E-state index in [-0.39, 0.29) is 30.5 Å². The number of thiazole rings is 1. The van der Waals surface area contributed by atoms with Gasteiger partial charge in [0, 0.05) is 32.2 Å². The number of sulfonamides is 1. The van der Waals surface area contributed by atoms with E-state index in [2.05, 4.69) is 10.3 Å². The first-order valence-electron chi connectivity index (χ1n) is 10.6. The number of aliphatic hydroxyl groups is 1. The third-order valence-electron chi connectivity index (χ3n) is 5.07. The Morgan fingerprint density at radius 3 is 2.56 bits per heavy atom. The van der Waals surface area contributed by atoms with Crippen molar-refractivity contribution in [3.8, 4) is 5.75 Å². The first kappa shape index (κ1) is 28.7. The zero-order valence-electron chi connectivity index (χ0n) is 18.8. The van der Waals surface area contributed by atoms with Crippen molar-refractivity contribution in [1.29, 1.82) is 0 Å². The van der Waals surface area contributed by atoms with Crippen LogP contribution in [0.5, 0.6) is 5.75 Å². The predicted molar refractivity (Wildman–Crippen MR) is 130 cm³/mol. The van der Waals surface area contributed by atoms with Gasteiger partial charge in [0.2, 0.25) is 10.0 Å². The van der Waals surface area contributed by atoms with E-state index in [1.165, 1.54) is 0 Å². The van der Waals surface area contributed by atoms with Crippen molar-refractivity contribution < 1.29 is 36.2 Å². The average Bonchev–Trinajstić information content (AvgIpc) is 3.19. The van der Waals surface area contributed by atoms with Crippen molar-refractivity contribution in [1.82, 2.24) is 15.2 Å². The summed E-state index contributed by atoms with van der Waals surface area (Å²) in [5.41, 5.74) is -1.50. The number of alkyl halides is 3. The molecule has 36 heavy (non-hydrogen) atoms. The number of piperidine rings is 1. The molecule has 200 valence electrons. The van der Waals surface area contributed by atoms with Crippen LogP contribution in [0, 0.1) is 0 Å². The molecule has 0 bridgehead atoms.